The quantitative estimate of drug-likeness (QED) is 0.768. The van der Waals surface area contributed by atoms with Crippen molar-refractivity contribution in [3.8, 4) is 0 Å². The molecule has 16 heavy (non-hydrogen) atoms. The van der Waals surface area contributed by atoms with Crippen LogP contribution in [0.1, 0.15) is 44.5 Å². The molecule has 0 bridgehead atoms. The molecule has 0 amide bonds. The van der Waals surface area contributed by atoms with Crippen LogP contribution in [0, 0.1) is 5.41 Å². The van der Waals surface area contributed by atoms with Crippen LogP contribution in [-0.4, -0.2) is 18.3 Å². The van der Waals surface area contributed by atoms with Gasteiger partial charge in [-0.15, -0.1) is 11.3 Å². The summed E-state index contributed by atoms with van der Waals surface area (Å²) in [6.07, 6.45) is 2.04. The summed E-state index contributed by atoms with van der Waals surface area (Å²) in [6, 6.07) is 4.61. The average molecular weight is 241 g/mol. The molecule has 0 fully saturated rings. The summed E-state index contributed by atoms with van der Waals surface area (Å²) in [5.41, 5.74) is 0.0471. The van der Waals surface area contributed by atoms with Gasteiger partial charge in [0.15, 0.2) is 0 Å². The molecule has 1 heterocycles. The highest BCUT2D eigenvalue weighted by Gasteiger charge is 2.25. The van der Waals surface area contributed by atoms with Gasteiger partial charge in [0.2, 0.25) is 0 Å². The Kier molecular flexibility index (Phi) is 5.46. The SMILES string of the molecule is CCC(CC)(CO)CNC(C)c1cccs1. The first-order valence-corrected chi connectivity index (χ1v) is 6.93. The van der Waals surface area contributed by atoms with Crippen molar-refractivity contribution in [3.05, 3.63) is 22.4 Å². The van der Waals surface area contributed by atoms with Crippen molar-refractivity contribution in [2.24, 2.45) is 5.41 Å². The molecule has 0 saturated carbocycles. The van der Waals surface area contributed by atoms with Crippen LogP contribution in [-0.2, 0) is 0 Å². The predicted molar refractivity (Wildman–Crippen MR) is 70.8 cm³/mol. The molecule has 3 heteroatoms. The number of hydrogen-bond acceptors (Lipinski definition) is 3. The van der Waals surface area contributed by atoms with Gasteiger partial charge in [-0.2, -0.15) is 0 Å². The van der Waals surface area contributed by atoms with E-state index in [0.717, 1.165) is 19.4 Å². The third kappa shape index (κ3) is 3.30. The number of nitrogens with one attached hydrogen (secondary N) is 1. The van der Waals surface area contributed by atoms with Crippen LogP contribution in [0.15, 0.2) is 17.5 Å². The van der Waals surface area contributed by atoms with Crippen LogP contribution in [0.3, 0.4) is 0 Å². The predicted octanol–water partition coefficient (Wildman–Crippen LogP) is 3.20. The van der Waals surface area contributed by atoms with Crippen molar-refractivity contribution in [3.63, 3.8) is 0 Å². The fourth-order valence-corrected chi connectivity index (χ4v) is 2.55. The Hall–Kier alpha value is -0.380. The van der Waals surface area contributed by atoms with E-state index in [9.17, 15) is 5.11 Å². The van der Waals surface area contributed by atoms with E-state index in [4.69, 9.17) is 0 Å². The van der Waals surface area contributed by atoms with Gasteiger partial charge in [0, 0.05) is 29.5 Å². The lowest BCUT2D eigenvalue weighted by atomic mass is 9.83. The van der Waals surface area contributed by atoms with Crippen molar-refractivity contribution in [1.29, 1.82) is 0 Å². The van der Waals surface area contributed by atoms with Gasteiger partial charge in [-0.05, 0) is 31.2 Å². The molecule has 92 valence electrons. The number of rotatable bonds is 7. The van der Waals surface area contributed by atoms with Gasteiger partial charge in [0.1, 0.15) is 0 Å². The van der Waals surface area contributed by atoms with Crippen molar-refractivity contribution < 1.29 is 5.11 Å². The van der Waals surface area contributed by atoms with Gasteiger partial charge in [-0.3, -0.25) is 0 Å². The molecule has 1 rings (SSSR count). The smallest absolute Gasteiger partial charge is 0.0499 e. The maximum atomic E-state index is 9.48. The molecule has 0 radical (unpaired) electrons. The van der Waals surface area contributed by atoms with E-state index in [2.05, 4.69) is 43.6 Å². The van der Waals surface area contributed by atoms with Crippen LogP contribution in [0.5, 0.6) is 0 Å². The topological polar surface area (TPSA) is 32.3 Å². The van der Waals surface area contributed by atoms with Gasteiger partial charge < -0.3 is 10.4 Å². The Labute approximate surface area is 103 Å². The van der Waals surface area contributed by atoms with Gasteiger partial charge in [0.25, 0.3) is 0 Å². The summed E-state index contributed by atoms with van der Waals surface area (Å²) in [5, 5.41) is 15.1. The highest BCUT2D eigenvalue weighted by molar-refractivity contribution is 7.10. The molecule has 0 aromatic carbocycles. The largest absolute Gasteiger partial charge is 0.396 e. The standard InChI is InChI=1S/C13H23NOS/c1-4-13(5-2,10-15)9-14-11(3)12-7-6-8-16-12/h6-8,11,14-15H,4-5,9-10H2,1-3H3. The molecule has 1 aromatic heterocycles. The zero-order valence-corrected chi connectivity index (χ0v) is 11.3. The zero-order chi connectivity index (χ0) is 12.0. The molecular weight excluding hydrogens is 218 g/mol. The minimum absolute atomic E-state index is 0.0471. The van der Waals surface area contributed by atoms with Crippen molar-refractivity contribution in [2.75, 3.05) is 13.2 Å². The molecule has 0 spiro atoms. The van der Waals surface area contributed by atoms with E-state index in [-0.39, 0.29) is 12.0 Å². The van der Waals surface area contributed by atoms with Crippen LogP contribution in [0.25, 0.3) is 0 Å². The Morgan fingerprint density at radius 3 is 2.56 bits per heavy atom. The first kappa shape index (κ1) is 13.7. The fraction of sp³-hybridized carbons (Fsp3) is 0.692. The van der Waals surface area contributed by atoms with E-state index in [1.54, 1.807) is 11.3 Å². The molecule has 0 saturated heterocycles. The lowest BCUT2D eigenvalue weighted by Gasteiger charge is -2.31. The zero-order valence-electron chi connectivity index (χ0n) is 10.5. The Bertz CT molecular complexity index is 272. The molecule has 0 aliphatic heterocycles. The summed E-state index contributed by atoms with van der Waals surface area (Å²) in [4.78, 5) is 1.36. The lowest BCUT2D eigenvalue weighted by Crippen LogP contribution is -2.37. The van der Waals surface area contributed by atoms with E-state index in [1.165, 1.54) is 4.88 Å². The number of hydrogen-bond donors (Lipinski definition) is 2. The highest BCUT2D eigenvalue weighted by atomic mass is 32.1. The third-order valence-corrected chi connectivity index (χ3v) is 4.64. The minimum Gasteiger partial charge on any atom is -0.396 e. The first-order chi connectivity index (χ1) is 7.67. The van der Waals surface area contributed by atoms with Gasteiger partial charge in [-0.25, -0.2) is 0 Å². The molecule has 0 aliphatic carbocycles. The fourth-order valence-electron chi connectivity index (χ4n) is 1.79. The number of aliphatic hydroxyl groups is 1. The maximum Gasteiger partial charge on any atom is 0.0499 e. The van der Waals surface area contributed by atoms with E-state index in [0.29, 0.717) is 6.04 Å². The minimum atomic E-state index is 0.0471. The summed E-state index contributed by atoms with van der Waals surface area (Å²) in [5.74, 6) is 0. The maximum absolute atomic E-state index is 9.48. The second-order valence-corrected chi connectivity index (χ2v) is 5.46. The second-order valence-electron chi connectivity index (χ2n) is 4.48. The number of thiophene rings is 1. The Morgan fingerprint density at radius 2 is 2.12 bits per heavy atom. The van der Waals surface area contributed by atoms with E-state index >= 15 is 0 Å². The molecule has 1 atom stereocenters. The Balaban J connectivity index is 2.49. The van der Waals surface area contributed by atoms with Crippen LogP contribution < -0.4 is 5.32 Å². The summed E-state index contributed by atoms with van der Waals surface area (Å²) < 4.78 is 0. The van der Waals surface area contributed by atoms with Crippen molar-refractivity contribution in [1.82, 2.24) is 5.32 Å². The van der Waals surface area contributed by atoms with E-state index in [1.807, 2.05) is 0 Å². The third-order valence-electron chi connectivity index (χ3n) is 3.59. The summed E-state index contributed by atoms with van der Waals surface area (Å²) in [6.45, 7) is 7.63. The normalized spacial score (nSPS) is 14.0. The first-order valence-electron chi connectivity index (χ1n) is 6.05. The summed E-state index contributed by atoms with van der Waals surface area (Å²) in [7, 11) is 0. The molecule has 0 aliphatic rings. The van der Waals surface area contributed by atoms with Gasteiger partial charge in [0.05, 0.1) is 0 Å². The lowest BCUT2D eigenvalue weighted by molar-refractivity contribution is 0.110. The van der Waals surface area contributed by atoms with E-state index < -0.39 is 0 Å². The van der Waals surface area contributed by atoms with Crippen molar-refractivity contribution in [2.45, 2.75) is 39.7 Å². The molecule has 1 aromatic rings. The monoisotopic (exact) mass is 241 g/mol. The van der Waals surface area contributed by atoms with Crippen LogP contribution in [0.2, 0.25) is 0 Å². The van der Waals surface area contributed by atoms with Crippen molar-refractivity contribution >= 4 is 11.3 Å². The molecule has 2 nitrogen and oxygen atoms in total. The second kappa shape index (κ2) is 6.38. The van der Waals surface area contributed by atoms with Gasteiger partial charge >= 0.3 is 0 Å². The average Bonchev–Trinajstić information content (AvgIpc) is 2.85. The summed E-state index contributed by atoms with van der Waals surface area (Å²) >= 11 is 1.78. The van der Waals surface area contributed by atoms with Gasteiger partial charge in [-0.1, -0.05) is 19.9 Å². The molecular formula is C13H23NOS. The van der Waals surface area contributed by atoms with Crippen LogP contribution >= 0.6 is 11.3 Å². The highest BCUT2D eigenvalue weighted by Crippen LogP contribution is 2.26. The van der Waals surface area contributed by atoms with Crippen LogP contribution in [0.4, 0.5) is 0 Å². The molecule has 2 N–H and O–H groups in total. The molecule has 1 unspecified atom stereocenters. The Morgan fingerprint density at radius 1 is 1.44 bits per heavy atom. The number of aliphatic hydroxyl groups excluding tert-OH is 1.